The molecule has 16 heavy (non-hydrogen) atoms. The van der Waals surface area contributed by atoms with Crippen molar-refractivity contribution in [3.63, 3.8) is 0 Å². The summed E-state index contributed by atoms with van der Waals surface area (Å²) in [5.74, 6) is 0. The van der Waals surface area contributed by atoms with Crippen LogP contribution >= 0.6 is 0 Å². The van der Waals surface area contributed by atoms with Gasteiger partial charge in [-0.05, 0) is 25.9 Å². The molecule has 0 atom stereocenters. The van der Waals surface area contributed by atoms with E-state index in [0.29, 0.717) is 0 Å². The third-order valence-electron chi connectivity index (χ3n) is 3.84. The zero-order chi connectivity index (χ0) is 11.2. The summed E-state index contributed by atoms with van der Waals surface area (Å²) in [5, 5.41) is 0. The predicted molar refractivity (Wildman–Crippen MR) is 67.6 cm³/mol. The van der Waals surface area contributed by atoms with Gasteiger partial charge in [0.1, 0.15) is 0 Å². The molecule has 0 radical (unpaired) electrons. The molecule has 0 aromatic carbocycles. The summed E-state index contributed by atoms with van der Waals surface area (Å²) in [4.78, 5) is 7.68. The molecule has 0 aliphatic carbocycles. The van der Waals surface area contributed by atoms with E-state index in [1.807, 2.05) is 0 Å². The number of nitrogens with two attached hydrogens (primary N) is 1. The van der Waals surface area contributed by atoms with Crippen LogP contribution in [-0.2, 0) is 0 Å². The number of likely N-dealkylation sites (tertiary alicyclic amines) is 1. The third-order valence-corrected chi connectivity index (χ3v) is 3.84. The number of nitrogens with zero attached hydrogens (tertiary/aromatic N) is 3. The Labute approximate surface area is 99.4 Å². The van der Waals surface area contributed by atoms with Crippen LogP contribution in [0, 0.1) is 0 Å². The smallest absolute Gasteiger partial charge is 0.0110 e. The van der Waals surface area contributed by atoms with Crippen LogP contribution in [0.4, 0.5) is 0 Å². The number of hydrogen-bond donors (Lipinski definition) is 1. The Bertz CT molecular complexity index is 183. The second kappa shape index (κ2) is 6.55. The molecule has 2 heterocycles. The van der Waals surface area contributed by atoms with Gasteiger partial charge in [-0.3, -0.25) is 9.80 Å². The highest BCUT2D eigenvalue weighted by atomic mass is 15.3. The Kier molecular flexibility index (Phi) is 5.03. The molecule has 94 valence electrons. The van der Waals surface area contributed by atoms with Gasteiger partial charge in [-0.15, -0.1) is 0 Å². The molecule has 0 saturated carbocycles. The summed E-state index contributed by atoms with van der Waals surface area (Å²) in [6.45, 7) is 11.9. The molecular weight excluding hydrogens is 200 g/mol. The summed E-state index contributed by atoms with van der Waals surface area (Å²) in [5.41, 5.74) is 5.57. The molecule has 2 aliphatic rings. The van der Waals surface area contributed by atoms with Crippen LogP contribution in [0.1, 0.15) is 12.8 Å². The Morgan fingerprint density at radius 3 is 1.56 bits per heavy atom. The first kappa shape index (κ1) is 12.3. The Balaban J connectivity index is 1.57. The maximum Gasteiger partial charge on any atom is 0.0110 e. The quantitative estimate of drug-likeness (QED) is 0.696. The maximum atomic E-state index is 5.57. The largest absolute Gasteiger partial charge is 0.329 e. The van der Waals surface area contributed by atoms with Crippen molar-refractivity contribution in [1.29, 1.82) is 0 Å². The van der Waals surface area contributed by atoms with Crippen LogP contribution < -0.4 is 5.73 Å². The van der Waals surface area contributed by atoms with E-state index in [1.54, 1.807) is 0 Å². The first-order chi connectivity index (χ1) is 7.88. The molecule has 0 amide bonds. The van der Waals surface area contributed by atoms with Crippen molar-refractivity contribution in [2.24, 2.45) is 5.73 Å². The number of hydrogen-bond acceptors (Lipinski definition) is 4. The fourth-order valence-corrected chi connectivity index (χ4v) is 2.71. The fourth-order valence-electron chi connectivity index (χ4n) is 2.71. The molecule has 4 nitrogen and oxygen atoms in total. The van der Waals surface area contributed by atoms with Gasteiger partial charge in [0, 0.05) is 52.4 Å². The highest BCUT2D eigenvalue weighted by Gasteiger charge is 2.17. The van der Waals surface area contributed by atoms with E-state index in [0.717, 1.165) is 13.1 Å². The van der Waals surface area contributed by atoms with Crippen LogP contribution in [0.15, 0.2) is 0 Å². The summed E-state index contributed by atoms with van der Waals surface area (Å²) < 4.78 is 0. The lowest BCUT2D eigenvalue weighted by Crippen LogP contribution is -2.49. The summed E-state index contributed by atoms with van der Waals surface area (Å²) >= 11 is 0. The second-order valence-corrected chi connectivity index (χ2v) is 5.02. The van der Waals surface area contributed by atoms with Gasteiger partial charge in [0.15, 0.2) is 0 Å². The number of piperazine rings is 1. The molecule has 0 aromatic rings. The molecular formula is C12H26N4. The maximum absolute atomic E-state index is 5.57. The molecule has 2 fully saturated rings. The predicted octanol–water partition coefficient (Wildman–Crippen LogP) is -0.341. The Morgan fingerprint density at radius 1 is 0.625 bits per heavy atom. The van der Waals surface area contributed by atoms with Crippen LogP contribution in [0.2, 0.25) is 0 Å². The van der Waals surface area contributed by atoms with Gasteiger partial charge in [-0.25, -0.2) is 0 Å². The Hall–Kier alpha value is -0.160. The normalized spacial score (nSPS) is 25.3. The molecule has 0 unspecified atom stereocenters. The average Bonchev–Trinajstić information content (AvgIpc) is 2.82. The topological polar surface area (TPSA) is 35.7 Å². The van der Waals surface area contributed by atoms with Crippen LogP contribution in [0.3, 0.4) is 0 Å². The molecule has 0 aromatic heterocycles. The minimum atomic E-state index is 0.799. The molecule has 2 N–H and O–H groups in total. The Morgan fingerprint density at radius 2 is 1.06 bits per heavy atom. The molecule has 0 bridgehead atoms. The van der Waals surface area contributed by atoms with E-state index in [2.05, 4.69) is 14.7 Å². The van der Waals surface area contributed by atoms with E-state index >= 15 is 0 Å². The summed E-state index contributed by atoms with van der Waals surface area (Å²) in [6.07, 6.45) is 2.81. The van der Waals surface area contributed by atoms with Crippen molar-refractivity contribution in [1.82, 2.24) is 14.7 Å². The fraction of sp³-hybridized carbons (Fsp3) is 1.00. The van der Waals surface area contributed by atoms with Crippen LogP contribution in [0.5, 0.6) is 0 Å². The zero-order valence-electron chi connectivity index (χ0n) is 10.4. The minimum Gasteiger partial charge on any atom is -0.329 e. The highest BCUT2D eigenvalue weighted by molar-refractivity contribution is 4.74. The SMILES string of the molecule is NCCN1CCN(CCN2CCCC2)CC1. The van der Waals surface area contributed by atoms with Crippen molar-refractivity contribution in [2.45, 2.75) is 12.8 Å². The van der Waals surface area contributed by atoms with Gasteiger partial charge in [0.05, 0.1) is 0 Å². The van der Waals surface area contributed by atoms with Gasteiger partial charge in [0.25, 0.3) is 0 Å². The molecule has 2 aliphatic heterocycles. The standard InChI is InChI=1S/C12H26N4/c13-3-6-15-8-11-16(12-9-15)10-7-14-4-1-2-5-14/h1-13H2. The van der Waals surface area contributed by atoms with E-state index in [-0.39, 0.29) is 0 Å². The van der Waals surface area contributed by atoms with E-state index in [9.17, 15) is 0 Å². The molecule has 0 spiro atoms. The average molecular weight is 226 g/mol. The highest BCUT2D eigenvalue weighted by Crippen LogP contribution is 2.07. The van der Waals surface area contributed by atoms with Crippen LogP contribution in [-0.4, -0.2) is 80.1 Å². The first-order valence-electron chi connectivity index (χ1n) is 6.75. The summed E-state index contributed by atoms with van der Waals surface area (Å²) in [7, 11) is 0. The lowest BCUT2D eigenvalue weighted by molar-refractivity contribution is 0.124. The van der Waals surface area contributed by atoms with Gasteiger partial charge >= 0.3 is 0 Å². The summed E-state index contributed by atoms with van der Waals surface area (Å²) in [6, 6.07) is 0. The van der Waals surface area contributed by atoms with E-state index in [1.165, 1.54) is 65.2 Å². The van der Waals surface area contributed by atoms with E-state index < -0.39 is 0 Å². The second-order valence-electron chi connectivity index (χ2n) is 5.02. The van der Waals surface area contributed by atoms with E-state index in [4.69, 9.17) is 5.73 Å². The van der Waals surface area contributed by atoms with Crippen molar-refractivity contribution >= 4 is 0 Å². The van der Waals surface area contributed by atoms with Gasteiger partial charge in [-0.2, -0.15) is 0 Å². The van der Waals surface area contributed by atoms with Crippen molar-refractivity contribution in [2.75, 3.05) is 65.4 Å². The minimum absolute atomic E-state index is 0.799. The monoisotopic (exact) mass is 226 g/mol. The van der Waals surface area contributed by atoms with Gasteiger partial charge < -0.3 is 10.6 Å². The van der Waals surface area contributed by atoms with Crippen LogP contribution in [0.25, 0.3) is 0 Å². The lowest BCUT2D eigenvalue weighted by Gasteiger charge is -2.35. The number of rotatable bonds is 5. The van der Waals surface area contributed by atoms with Crippen molar-refractivity contribution in [3.05, 3.63) is 0 Å². The third kappa shape index (κ3) is 3.70. The first-order valence-corrected chi connectivity index (χ1v) is 6.75. The molecule has 2 saturated heterocycles. The van der Waals surface area contributed by atoms with Gasteiger partial charge in [0.2, 0.25) is 0 Å². The molecule has 4 heteroatoms. The zero-order valence-corrected chi connectivity index (χ0v) is 10.4. The van der Waals surface area contributed by atoms with Crippen molar-refractivity contribution in [3.8, 4) is 0 Å². The van der Waals surface area contributed by atoms with Gasteiger partial charge in [-0.1, -0.05) is 0 Å². The van der Waals surface area contributed by atoms with Crippen molar-refractivity contribution < 1.29 is 0 Å². The lowest BCUT2D eigenvalue weighted by atomic mass is 10.3. The molecule has 2 rings (SSSR count).